The van der Waals surface area contributed by atoms with Crippen LogP contribution in [0.25, 0.3) is 0 Å². The number of hydrogen-bond donors (Lipinski definition) is 1. The molecule has 0 unspecified atom stereocenters. The van der Waals surface area contributed by atoms with Gasteiger partial charge in [-0.25, -0.2) is 0 Å². The van der Waals surface area contributed by atoms with Crippen molar-refractivity contribution in [3.8, 4) is 5.75 Å². The maximum absolute atomic E-state index is 13.3. The van der Waals surface area contributed by atoms with E-state index in [4.69, 9.17) is 16.3 Å². The summed E-state index contributed by atoms with van der Waals surface area (Å²) >= 11 is 7.56. The number of hydrogen-bond acceptors (Lipinski definition) is 4. The molecule has 1 atom stereocenters. The van der Waals surface area contributed by atoms with Crippen LogP contribution in [0.3, 0.4) is 0 Å². The van der Waals surface area contributed by atoms with Gasteiger partial charge in [-0.05, 0) is 61.7 Å². The third kappa shape index (κ3) is 7.97. The van der Waals surface area contributed by atoms with E-state index in [9.17, 15) is 9.59 Å². The van der Waals surface area contributed by atoms with Gasteiger partial charge in [-0.3, -0.25) is 9.59 Å². The van der Waals surface area contributed by atoms with E-state index in [1.807, 2.05) is 55.5 Å². The summed E-state index contributed by atoms with van der Waals surface area (Å²) in [6.45, 7) is 2.18. The van der Waals surface area contributed by atoms with Crippen molar-refractivity contribution in [2.45, 2.75) is 69.0 Å². The van der Waals surface area contributed by atoms with Gasteiger partial charge in [-0.2, -0.15) is 0 Å². The molecule has 0 radical (unpaired) electrons. The van der Waals surface area contributed by atoms with Crippen LogP contribution in [0, 0.1) is 0 Å². The topological polar surface area (TPSA) is 58.6 Å². The summed E-state index contributed by atoms with van der Waals surface area (Å²) < 4.78 is 5.33. The summed E-state index contributed by atoms with van der Waals surface area (Å²) in [6, 6.07) is 14.9. The van der Waals surface area contributed by atoms with E-state index in [2.05, 4.69) is 5.32 Å². The van der Waals surface area contributed by atoms with Crippen LogP contribution in [-0.2, 0) is 16.1 Å². The predicted molar refractivity (Wildman–Crippen MR) is 135 cm³/mol. The number of carbonyl (C=O) groups is 2. The van der Waals surface area contributed by atoms with Crippen LogP contribution in [0.15, 0.2) is 53.4 Å². The number of methoxy groups -OCH3 is 1. The first-order valence-electron chi connectivity index (χ1n) is 11.6. The van der Waals surface area contributed by atoms with Gasteiger partial charge in [0, 0.05) is 34.7 Å². The van der Waals surface area contributed by atoms with Crippen LogP contribution < -0.4 is 10.1 Å². The standard InChI is InChI=1S/C26H33ClN2O3S/c1-19(26(31)28-22-8-4-3-5-9-22)29(18-20-7-6-10-23(17-20)32-2)25(30)15-16-33-24-13-11-21(27)12-14-24/h6-7,10-14,17,19,22H,3-5,8-9,15-16,18H2,1-2H3,(H,28,31)/t19-/m0/s1. The zero-order valence-electron chi connectivity index (χ0n) is 19.4. The fourth-order valence-corrected chi connectivity index (χ4v) is 5.02. The number of thioether (sulfide) groups is 1. The molecule has 1 aliphatic carbocycles. The Kier molecular flexibility index (Phi) is 9.95. The van der Waals surface area contributed by atoms with E-state index in [1.165, 1.54) is 6.42 Å². The van der Waals surface area contributed by atoms with Crippen molar-refractivity contribution in [2.75, 3.05) is 12.9 Å². The molecule has 7 heteroatoms. The fraction of sp³-hybridized carbons (Fsp3) is 0.462. The first-order valence-corrected chi connectivity index (χ1v) is 12.9. The van der Waals surface area contributed by atoms with Crippen molar-refractivity contribution in [1.29, 1.82) is 0 Å². The van der Waals surface area contributed by atoms with Crippen LogP contribution >= 0.6 is 23.4 Å². The lowest BCUT2D eigenvalue weighted by Gasteiger charge is -2.31. The number of carbonyl (C=O) groups excluding carboxylic acids is 2. The largest absolute Gasteiger partial charge is 0.497 e. The van der Waals surface area contributed by atoms with Gasteiger partial charge in [0.2, 0.25) is 11.8 Å². The lowest BCUT2D eigenvalue weighted by atomic mass is 9.95. The third-order valence-electron chi connectivity index (χ3n) is 6.00. The van der Waals surface area contributed by atoms with Gasteiger partial charge < -0.3 is 15.0 Å². The normalized spacial score (nSPS) is 15.0. The Labute approximate surface area is 206 Å². The highest BCUT2D eigenvalue weighted by Crippen LogP contribution is 2.23. The van der Waals surface area contributed by atoms with E-state index in [0.29, 0.717) is 23.7 Å². The van der Waals surface area contributed by atoms with Crippen LogP contribution in [0.1, 0.15) is 51.0 Å². The quantitative estimate of drug-likeness (QED) is 0.436. The van der Waals surface area contributed by atoms with Crippen molar-refractivity contribution in [1.82, 2.24) is 10.2 Å². The molecule has 2 aromatic rings. The Morgan fingerprint density at radius 3 is 2.58 bits per heavy atom. The van der Waals surface area contributed by atoms with Crippen molar-refractivity contribution in [3.05, 3.63) is 59.1 Å². The summed E-state index contributed by atoms with van der Waals surface area (Å²) in [4.78, 5) is 29.1. The number of nitrogens with zero attached hydrogens (tertiary/aromatic N) is 1. The van der Waals surface area contributed by atoms with Crippen molar-refractivity contribution >= 4 is 35.2 Å². The lowest BCUT2D eigenvalue weighted by Crippen LogP contribution is -2.50. The summed E-state index contributed by atoms with van der Waals surface area (Å²) in [5, 5.41) is 3.87. The Balaban J connectivity index is 1.66. The maximum atomic E-state index is 13.3. The van der Waals surface area contributed by atoms with Crippen LogP contribution in [0.2, 0.25) is 5.02 Å². The molecule has 33 heavy (non-hydrogen) atoms. The molecule has 0 saturated heterocycles. The van der Waals surface area contributed by atoms with E-state index < -0.39 is 6.04 Å². The van der Waals surface area contributed by atoms with E-state index in [-0.39, 0.29) is 17.9 Å². The predicted octanol–water partition coefficient (Wildman–Crippen LogP) is 5.70. The molecule has 0 aromatic heterocycles. The molecule has 0 aliphatic heterocycles. The van der Waals surface area contributed by atoms with Gasteiger partial charge in [0.25, 0.3) is 0 Å². The van der Waals surface area contributed by atoms with Gasteiger partial charge in [-0.15, -0.1) is 11.8 Å². The first-order chi connectivity index (χ1) is 16.0. The molecule has 3 rings (SSSR count). The molecular formula is C26H33ClN2O3S. The minimum Gasteiger partial charge on any atom is -0.497 e. The van der Waals surface area contributed by atoms with Gasteiger partial charge in [0.05, 0.1) is 7.11 Å². The van der Waals surface area contributed by atoms with E-state index in [0.717, 1.165) is 41.9 Å². The average molecular weight is 489 g/mol. The summed E-state index contributed by atoms with van der Waals surface area (Å²) in [5.41, 5.74) is 0.936. The summed E-state index contributed by atoms with van der Waals surface area (Å²) in [7, 11) is 1.62. The monoisotopic (exact) mass is 488 g/mol. The molecule has 178 valence electrons. The highest BCUT2D eigenvalue weighted by molar-refractivity contribution is 7.99. The van der Waals surface area contributed by atoms with Crippen molar-refractivity contribution in [2.24, 2.45) is 0 Å². The third-order valence-corrected chi connectivity index (χ3v) is 7.27. The minimum atomic E-state index is -0.550. The number of rotatable bonds is 10. The molecule has 1 saturated carbocycles. The van der Waals surface area contributed by atoms with Crippen LogP contribution in [0.4, 0.5) is 0 Å². The maximum Gasteiger partial charge on any atom is 0.242 e. The molecule has 1 fully saturated rings. The van der Waals surface area contributed by atoms with Gasteiger partial charge >= 0.3 is 0 Å². The minimum absolute atomic E-state index is 0.0365. The molecule has 1 aliphatic rings. The Morgan fingerprint density at radius 2 is 1.88 bits per heavy atom. The summed E-state index contributed by atoms with van der Waals surface area (Å²) in [5.74, 6) is 1.25. The van der Waals surface area contributed by atoms with Gasteiger partial charge in [-0.1, -0.05) is 43.0 Å². The number of nitrogens with one attached hydrogen (secondary N) is 1. The molecule has 0 spiro atoms. The van der Waals surface area contributed by atoms with E-state index in [1.54, 1.807) is 23.8 Å². The highest BCUT2D eigenvalue weighted by Gasteiger charge is 2.28. The number of halogens is 1. The van der Waals surface area contributed by atoms with E-state index >= 15 is 0 Å². The molecular weight excluding hydrogens is 456 g/mol. The highest BCUT2D eigenvalue weighted by atomic mass is 35.5. The zero-order valence-corrected chi connectivity index (χ0v) is 21.0. The molecule has 1 N–H and O–H groups in total. The van der Waals surface area contributed by atoms with Gasteiger partial charge in [0.15, 0.2) is 0 Å². The molecule has 0 bridgehead atoms. The Bertz CT molecular complexity index is 916. The van der Waals surface area contributed by atoms with Crippen molar-refractivity contribution in [3.63, 3.8) is 0 Å². The Morgan fingerprint density at radius 1 is 1.15 bits per heavy atom. The second-order valence-corrected chi connectivity index (χ2v) is 10.0. The fourth-order valence-electron chi connectivity index (χ4n) is 4.05. The first kappa shape index (κ1) is 25.4. The molecule has 2 aromatic carbocycles. The average Bonchev–Trinajstić information content (AvgIpc) is 2.84. The number of benzene rings is 2. The molecule has 0 heterocycles. The zero-order chi connectivity index (χ0) is 23.6. The lowest BCUT2D eigenvalue weighted by molar-refractivity contribution is -0.140. The SMILES string of the molecule is COc1cccc(CN(C(=O)CCSc2ccc(Cl)cc2)[C@@H](C)C(=O)NC2CCCCC2)c1. The van der Waals surface area contributed by atoms with Gasteiger partial charge in [0.1, 0.15) is 11.8 Å². The summed E-state index contributed by atoms with van der Waals surface area (Å²) in [6.07, 6.45) is 5.90. The second-order valence-electron chi connectivity index (χ2n) is 8.45. The smallest absolute Gasteiger partial charge is 0.242 e. The molecule has 2 amide bonds. The number of ether oxygens (including phenoxy) is 1. The van der Waals surface area contributed by atoms with Crippen LogP contribution in [0.5, 0.6) is 5.75 Å². The van der Waals surface area contributed by atoms with Crippen molar-refractivity contribution < 1.29 is 14.3 Å². The van der Waals surface area contributed by atoms with Crippen LogP contribution in [-0.4, -0.2) is 41.7 Å². The molecule has 5 nitrogen and oxygen atoms in total. The Hall–Kier alpha value is -2.18. The number of amides is 2. The second kappa shape index (κ2) is 12.9.